The first-order valence-corrected chi connectivity index (χ1v) is 6.70. The second-order valence-corrected chi connectivity index (χ2v) is 5.37. The first-order valence-electron chi connectivity index (χ1n) is 6.70. The molecule has 2 aromatic carbocycles. The van der Waals surface area contributed by atoms with Crippen LogP contribution in [0, 0.1) is 0 Å². The van der Waals surface area contributed by atoms with Gasteiger partial charge in [0.25, 0.3) is 0 Å². The molecule has 0 atom stereocenters. The summed E-state index contributed by atoms with van der Waals surface area (Å²) in [6.07, 6.45) is 1.97. The lowest BCUT2D eigenvalue weighted by Crippen LogP contribution is -2.48. The number of rotatable bonds is 3. The maximum absolute atomic E-state index is 6.55. The maximum atomic E-state index is 6.55. The van der Waals surface area contributed by atoms with Crippen molar-refractivity contribution < 1.29 is 4.74 Å². The van der Waals surface area contributed by atoms with Gasteiger partial charge in [-0.05, 0) is 30.4 Å². The van der Waals surface area contributed by atoms with Crippen LogP contribution in [0.1, 0.15) is 29.9 Å². The van der Waals surface area contributed by atoms with E-state index < -0.39 is 0 Å². The van der Waals surface area contributed by atoms with E-state index in [-0.39, 0.29) is 5.54 Å². The Morgan fingerprint density at radius 1 is 1.00 bits per heavy atom. The van der Waals surface area contributed by atoms with Gasteiger partial charge in [-0.25, -0.2) is 0 Å². The van der Waals surface area contributed by atoms with Crippen molar-refractivity contribution in [3.63, 3.8) is 0 Å². The van der Waals surface area contributed by atoms with Gasteiger partial charge >= 0.3 is 0 Å². The molecule has 0 radical (unpaired) electrons. The molecule has 0 saturated heterocycles. The highest BCUT2D eigenvalue weighted by molar-refractivity contribution is 5.42. The van der Waals surface area contributed by atoms with Gasteiger partial charge in [-0.1, -0.05) is 48.5 Å². The molecule has 3 rings (SSSR count). The molecule has 2 N–H and O–H groups in total. The zero-order valence-corrected chi connectivity index (χ0v) is 11.2. The minimum absolute atomic E-state index is 0.243. The second kappa shape index (κ2) is 4.71. The van der Waals surface area contributed by atoms with Gasteiger partial charge in [-0.15, -0.1) is 0 Å². The SMILES string of the molecule is COc1ccccc1C1(N)CC(c2ccccc2)C1. The predicted octanol–water partition coefficient (Wildman–Crippen LogP) is 3.43. The molecule has 1 aliphatic rings. The van der Waals surface area contributed by atoms with Gasteiger partial charge in [-0.2, -0.15) is 0 Å². The van der Waals surface area contributed by atoms with Gasteiger partial charge in [0.1, 0.15) is 5.75 Å². The molecule has 2 nitrogen and oxygen atoms in total. The summed E-state index contributed by atoms with van der Waals surface area (Å²) in [6, 6.07) is 18.7. The molecule has 98 valence electrons. The average Bonchev–Trinajstić information content (AvgIpc) is 2.45. The van der Waals surface area contributed by atoms with E-state index in [9.17, 15) is 0 Å². The zero-order valence-electron chi connectivity index (χ0n) is 11.2. The Bertz CT molecular complexity index is 558. The van der Waals surface area contributed by atoms with Gasteiger partial charge in [0.05, 0.1) is 7.11 Å². The smallest absolute Gasteiger partial charge is 0.123 e. The third-order valence-electron chi connectivity index (χ3n) is 4.14. The molecule has 0 heterocycles. The van der Waals surface area contributed by atoms with Crippen molar-refractivity contribution in [3.05, 3.63) is 65.7 Å². The van der Waals surface area contributed by atoms with Gasteiger partial charge in [-0.3, -0.25) is 0 Å². The monoisotopic (exact) mass is 253 g/mol. The van der Waals surface area contributed by atoms with Crippen LogP contribution in [0.3, 0.4) is 0 Å². The van der Waals surface area contributed by atoms with Crippen LogP contribution in [0.15, 0.2) is 54.6 Å². The predicted molar refractivity (Wildman–Crippen MR) is 77.3 cm³/mol. The van der Waals surface area contributed by atoms with E-state index in [2.05, 4.69) is 36.4 Å². The molecule has 0 aliphatic heterocycles. The van der Waals surface area contributed by atoms with Crippen molar-refractivity contribution in [1.29, 1.82) is 0 Å². The molecule has 1 aliphatic carbocycles. The molecule has 2 aromatic rings. The van der Waals surface area contributed by atoms with Crippen LogP contribution in [-0.4, -0.2) is 7.11 Å². The Balaban J connectivity index is 1.81. The summed E-state index contributed by atoms with van der Waals surface area (Å²) in [5.74, 6) is 1.47. The molecule has 0 aromatic heterocycles. The van der Waals surface area contributed by atoms with Crippen LogP contribution in [0.4, 0.5) is 0 Å². The topological polar surface area (TPSA) is 35.2 Å². The molecule has 0 amide bonds. The van der Waals surface area contributed by atoms with E-state index in [1.54, 1.807) is 7.11 Å². The summed E-state index contributed by atoms with van der Waals surface area (Å²) < 4.78 is 5.43. The zero-order chi connectivity index (χ0) is 13.3. The number of nitrogens with two attached hydrogens (primary N) is 1. The van der Waals surface area contributed by atoms with Crippen molar-refractivity contribution in [2.75, 3.05) is 7.11 Å². The molecule has 19 heavy (non-hydrogen) atoms. The van der Waals surface area contributed by atoms with Gasteiger partial charge in [0.2, 0.25) is 0 Å². The largest absolute Gasteiger partial charge is 0.496 e. The normalized spacial score (nSPS) is 25.7. The number of hydrogen-bond acceptors (Lipinski definition) is 2. The van der Waals surface area contributed by atoms with Gasteiger partial charge in [0.15, 0.2) is 0 Å². The summed E-state index contributed by atoms with van der Waals surface area (Å²) in [4.78, 5) is 0. The third kappa shape index (κ3) is 2.13. The van der Waals surface area contributed by atoms with Crippen LogP contribution >= 0.6 is 0 Å². The standard InChI is InChI=1S/C17H19NO/c1-19-16-10-6-5-9-15(16)17(18)11-14(12-17)13-7-3-2-4-8-13/h2-10,14H,11-12,18H2,1H3. The molecule has 2 heteroatoms. The fourth-order valence-electron chi connectivity index (χ4n) is 3.06. The Hall–Kier alpha value is -1.80. The van der Waals surface area contributed by atoms with Gasteiger partial charge in [0, 0.05) is 11.1 Å². The lowest BCUT2D eigenvalue weighted by molar-refractivity contribution is 0.202. The Morgan fingerprint density at radius 3 is 2.32 bits per heavy atom. The fourth-order valence-corrected chi connectivity index (χ4v) is 3.06. The van der Waals surface area contributed by atoms with E-state index in [0.29, 0.717) is 5.92 Å². The van der Waals surface area contributed by atoms with E-state index in [1.807, 2.05) is 18.2 Å². The highest BCUT2D eigenvalue weighted by atomic mass is 16.5. The number of hydrogen-bond donors (Lipinski definition) is 1. The van der Waals surface area contributed by atoms with Crippen molar-refractivity contribution in [3.8, 4) is 5.75 Å². The van der Waals surface area contributed by atoms with Crippen molar-refractivity contribution >= 4 is 0 Å². The Morgan fingerprint density at radius 2 is 1.63 bits per heavy atom. The van der Waals surface area contributed by atoms with Crippen LogP contribution in [-0.2, 0) is 5.54 Å². The maximum Gasteiger partial charge on any atom is 0.123 e. The quantitative estimate of drug-likeness (QED) is 0.909. The van der Waals surface area contributed by atoms with Crippen molar-refractivity contribution in [2.24, 2.45) is 5.73 Å². The minimum Gasteiger partial charge on any atom is -0.496 e. The summed E-state index contributed by atoms with van der Waals surface area (Å²) in [6.45, 7) is 0. The number of ether oxygens (including phenoxy) is 1. The van der Waals surface area contributed by atoms with E-state index in [4.69, 9.17) is 10.5 Å². The van der Waals surface area contributed by atoms with Crippen molar-refractivity contribution in [2.45, 2.75) is 24.3 Å². The number of para-hydroxylation sites is 1. The molecule has 0 bridgehead atoms. The molecular formula is C17H19NO. The average molecular weight is 253 g/mol. The van der Waals surface area contributed by atoms with Crippen molar-refractivity contribution in [1.82, 2.24) is 0 Å². The molecule has 1 fully saturated rings. The summed E-state index contributed by atoms with van der Waals surface area (Å²) in [7, 11) is 1.70. The highest BCUT2D eigenvalue weighted by Gasteiger charge is 2.44. The number of methoxy groups -OCH3 is 1. The Kier molecular flexibility index (Phi) is 3.03. The lowest BCUT2D eigenvalue weighted by atomic mass is 9.63. The number of benzene rings is 2. The third-order valence-corrected chi connectivity index (χ3v) is 4.14. The van der Waals surface area contributed by atoms with Gasteiger partial charge < -0.3 is 10.5 Å². The molecule has 0 spiro atoms. The van der Waals surface area contributed by atoms with Crippen LogP contribution < -0.4 is 10.5 Å². The Labute approximate surface area is 114 Å². The van der Waals surface area contributed by atoms with E-state index >= 15 is 0 Å². The highest BCUT2D eigenvalue weighted by Crippen LogP contribution is 2.51. The lowest BCUT2D eigenvalue weighted by Gasteiger charge is -2.46. The molecular weight excluding hydrogens is 234 g/mol. The first-order chi connectivity index (χ1) is 9.23. The summed E-state index contributed by atoms with van der Waals surface area (Å²) in [5.41, 5.74) is 8.82. The first kappa shape index (κ1) is 12.2. The second-order valence-electron chi connectivity index (χ2n) is 5.37. The minimum atomic E-state index is -0.243. The summed E-state index contributed by atoms with van der Waals surface area (Å²) in [5, 5.41) is 0. The summed E-state index contributed by atoms with van der Waals surface area (Å²) >= 11 is 0. The van der Waals surface area contributed by atoms with Crippen LogP contribution in [0.2, 0.25) is 0 Å². The van der Waals surface area contributed by atoms with E-state index in [0.717, 1.165) is 24.2 Å². The van der Waals surface area contributed by atoms with Crippen LogP contribution in [0.5, 0.6) is 5.75 Å². The molecule has 1 saturated carbocycles. The molecule has 0 unspecified atom stereocenters. The fraction of sp³-hybridized carbons (Fsp3) is 0.294. The van der Waals surface area contributed by atoms with Crippen LogP contribution in [0.25, 0.3) is 0 Å². The van der Waals surface area contributed by atoms with E-state index in [1.165, 1.54) is 5.56 Å².